The van der Waals surface area contributed by atoms with Gasteiger partial charge in [-0.15, -0.1) is 0 Å². The molecule has 5 heteroatoms. The van der Waals surface area contributed by atoms with Crippen molar-refractivity contribution in [2.75, 3.05) is 6.61 Å². The average molecular weight is 398 g/mol. The van der Waals surface area contributed by atoms with Gasteiger partial charge in [-0.25, -0.2) is 4.39 Å². The van der Waals surface area contributed by atoms with Crippen molar-refractivity contribution in [1.82, 2.24) is 5.32 Å². The lowest BCUT2D eigenvalue weighted by molar-refractivity contribution is 0.0936. The number of hydrogen-bond acceptors (Lipinski definition) is 2. The first-order valence-electron chi connectivity index (χ1n) is 9.06. The summed E-state index contributed by atoms with van der Waals surface area (Å²) >= 11 is 6.08. The third kappa shape index (κ3) is 5.11. The monoisotopic (exact) mass is 397 g/mol. The highest BCUT2D eigenvalue weighted by atomic mass is 35.5. The summed E-state index contributed by atoms with van der Waals surface area (Å²) in [5.74, 6) is -0.130. The molecular weight excluding hydrogens is 377 g/mol. The van der Waals surface area contributed by atoms with Gasteiger partial charge in [0.15, 0.2) is 0 Å². The number of amides is 1. The Labute approximate surface area is 169 Å². The second kappa shape index (κ2) is 9.38. The molecule has 0 saturated carbocycles. The van der Waals surface area contributed by atoms with Crippen LogP contribution in [0.5, 0.6) is 5.75 Å². The number of hydrogen-bond donors (Lipinski definition) is 1. The molecule has 1 N–H and O–H groups in total. The molecule has 3 aromatic rings. The molecular formula is C23H21ClFNO2. The Bertz CT molecular complexity index is 946. The van der Waals surface area contributed by atoms with Crippen molar-refractivity contribution < 1.29 is 13.9 Å². The van der Waals surface area contributed by atoms with Gasteiger partial charge in [0, 0.05) is 11.4 Å². The smallest absolute Gasteiger partial charge is 0.255 e. The Hall–Kier alpha value is -2.85. The van der Waals surface area contributed by atoms with Gasteiger partial charge in [-0.3, -0.25) is 4.79 Å². The number of halogens is 2. The van der Waals surface area contributed by atoms with Crippen LogP contribution in [0.1, 0.15) is 34.5 Å². The predicted octanol–water partition coefficient (Wildman–Crippen LogP) is 5.59. The van der Waals surface area contributed by atoms with Crippen LogP contribution in [-0.2, 0) is 6.42 Å². The first-order chi connectivity index (χ1) is 13.5. The lowest BCUT2D eigenvalue weighted by Gasteiger charge is -2.17. The fourth-order valence-corrected chi connectivity index (χ4v) is 3.05. The van der Waals surface area contributed by atoms with Gasteiger partial charge in [0.25, 0.3) is 5.91 Å². The van der Waals surface area contributed by atoms with E-state index in [0.29, 0.717) is 28.3 Å². The van der Waals surface area contributed by atoms with Crippen LogP contribution < -0.4 is 10.1 Å². The normalized spacial score (nSPS) is 11.7. The van der Waals surface area contributed by atoms with Crippen molar-refractivity contribution in [2.45, 2.75) is 19.4 Å². The van der Waals surface area contributed by atoms with Gasteiger partial charge in [-0.1, -0.05) is 60.1 Å². The zero-order valence-electron chi connectivity index (χ0n) is 15.5. The second-order valence-corrected chi connectivity index (χ2v) is 6.87. The van der Waals surface area contributed by atoms with E-state index in [9.17, 15) is 9.18 Å². The van der Waals surface area contributed by atoms with Crippen LogP contribution in [0.4, 0.5) is 4.39 Å². The van der Waals surface area contributed by atoms with Crippen molar-refractivity contribution in [1.29, 1.82) is 0 Å². The fraction of sp³-hybridized carbons (Fsp3) is 0.174. The molecule has 0 aliphatic rings. The highest BCUT2D eigenvalue weighted by molar-refractivity contribution is 6.31. The van der Waals surface area contributed by atoms with Gasteiger partial charge in [0.1, 0.15) is 11.6 Å². The van der Waals surface area contributed by atoms with E-state index < -0.39 is 0 Å². The zero-order chi connectivity index (χ0) is 19.9. The second-order valence-electron chi connectivity index (χ2n) is 6.44. The summed E-state index contributed by atoms with van der Waals surface area (Å²) in [5.41, 5.74) is 1.92. The van der Waals surface area contributed by atoms with E-state index in [-0.39, 0.29) is 24.4 Å². The van der Waals surface area contributed by atoms with Crippen molar-refractivity contribution >= 4 is 17.5 Å². The Balaban J connectivity index is 1.69. The maximum Gasteiger partial charge on any atom is 0.255 e. The van der Waals surface area contributed by atoms with E-state index in [1.165, 1.54) is 6.07 Å². The van der Waals surface area contributed by atoms with E-state index in [1.807, 2.05) is 37.3 Å². The van der Waals surface area contributed by atoms with Crippen molar-refractivity contribution in [3.8, 4) is 5.75 Å². The molecule has 0 unspecified atom stereocenters. The molecule has 0 saturated heterocycles. The summed E-state index contributed by atoms with van der Waals surface area (Å²) in [6.07, 6.45) is 0.400. The van der Waals surface area contributed by atoms with Gasteiger partial charge in [0.2, 0.25) is 0 Å². The van der Waals surface area contributed by atoms with Crippen molar-refractivity contribution in [3.05, 3.63) is 100 Å². The van der Waals surface area contributed by atoms with Crippen LogP contribution in [0.25, 0.3) is 0 Å². The maximum absolute atomic E-state index is 13.7. The Morgan fingerprint density at radius 2 is 1.79 bits per heavy atom. The highest BCUT2D eigenvalue weighted by Gasteiger charge is 2.16. The molecule has 0 aliphatic carbocycles. The Kier molecular flexibility index (Phi) is 6.66. The standard InChI is InChI=1S/C23H21ClFNO2/c1-16(17-7-3-2-4-8-17)26-23(27)20-15-19(24)11-12-22(20)28-14-13-18-9-5-6-10-21(18)25/h2-12,15-16H,13-14H2,1H3,(H,26,27)/t16-/m0/s1. The minimum atomic E-state index is -0.278. The summed E-state index contributed by atoms with van der Waals surface area (Å²) in [7, 11) is 0. The fourth-order valence-electron chi connectivity index (χ4n) is 2.88. The molecule has 3 aromatic carbocycles. The SMILES string of the molecule is C[C@H](NC(=O)c1cc(Cl)ccc1OCCc1ccccc1F)c1ccccc1. The number of carbonyl (C=O) groups excluding carboxylic acids is 1. The summed E-state index contributed by atoms with van der Waals surface area (Å²) in [6.45, 7) is 2.16. The topological polar surface area (TPSA) is 38.3 Å². The van der Waals surface area contributed by atoms with Gasteiger partial charge in [0.05, 0.1) is 18.2 Å². The summed E-state index contributed by atoms with van der Waals surface area (Å²) < 4.78 is 19.5. The molecule has 3 nitrogen and oxygen atoms in total. The molecule has 0 heterocycles. The average Bonchev–Trinajstić information content (AvgIpc) is 2.71. The third-order valence-electron chi connectivity index (χ3n) is 4.42. The predicted molar refractivity (Wildman–Crippen MR) is 109 cm³/mol. The molecule has 28 heavy (non-hydrogen) atoms. The number of nitrogens with one attached hydrogen (secondary N) is 1. The van der Waals surface area contributed by atoms with Crippen LogP contribution in [0.2, 0.25) is 5.02 Å². The lowest BCUT2D eigenvalue weighted by atomic mass is 10.1. The minimum Gasteiger partial charge on any atom is -0.492 e. The summed E-state index contributed by atoms with van der Waals surface area (Å²) in [6, 6.07) is 21.0. The third-order valence-corrected chi connectivity index (χ3v) is 4.66. The van der Waals surface area contributed by atoms with E-state index >= 15 is 0 Å². The molecule has 0 radical (unpaired) electrons. The summed E-state index contributed by atoms with van der Waals surface area (Å²) in [5, 5.41) is 3.40. The number of carbonyl (C=O) groups is 1. The van der Waals surface area contributed by atoms with E-state index in [4.69, 9.17) is 16.3 Å². The zero-order valence-corrected chi connectivity index (χ0v) is 16.2. The molecule has 0 spiro atoms. The van der Waals surface area contributed by atoms with Crippen LogP contribution in [0.3, 0.4) is 0 Å². The molecule has 0 aliphatic heterocycles. The molecule has 0 fully saturated rings. The molecule has 0 aromatic heterocycles. The van der Waals surface area contributed by atoms with Gasteiger partial charge >= 0.3 is 0 Å². The number of benzene rings is 3. The molecule has 1 atom stereocenters. The molecule has 1 amide bonds. The quantitative estimate of drug-likeness (QED) is 0.564. The number of rotatable bonds is 7. The van der Waals surface area contributed by atoms with E-state index in [1.54, 1.807) is 36.4 Å². The Morgan fingerprint density at radius 1 is 1.07 bits per heavy atom. The van der Waals surface area contributed by atoms with Gasteiger partial charge in [-0.2, -0.15) is 0 Å². The van der Waals surface area contributed by atoms with Crippen LogP contribution in [0.15, 0.2) is 72.8 Å². The van der Waals surface area contributed by atoms with Crippen molar-refractivity contribution in [3.63, 3.8) is 0 Å². The van der Waals surface area contributed by atoms with Gasteiger partial charge in [-0.05, 0) is 42.3 Å². The van der Waals surface area contributed by atoms with Crippen molar-refractivity contribution in [2.24, 2.45) is 0 Å². The molecule has 144 valence electrons. The first kappa shape index (κ1) is 19.9. The van der Waals surface area contributed by atoms with E-state index in [0.717, 1.165) is 5.56 Å². The number of ether oxygens (including phenoxy) is 1. The summed E-state index contributed by atoms with van der Waals surface area (Å²) in [4.78, 5) is 12.8. The molecule has 0 bridgehead atoms. The largest absolute Gasteiger partial charge is 0.492 e. The first-order valence-corrected chi connectivity index (χ1v) is 9.44. The minimum absolute atomic E-state index is 0.168. The highest BCUT2D eigenvalue weighted by Crippen LogP contribution is 2.24. The maximum atomic E-state index is 13.7. The van der Waals surface area contributed by atoms with Gasteiger partial charge < -0.3 is 10.1 Å². The Morgan fingerprint density at radius 3 is 2.54 bits per heavy atom. The molecule has 3 rings (SSSR count). The van der Waals surface area contributed by atoms with E-state index in [2.05, 4.69) is 5.32 Å². The van der Waals surface area contributed by atoms with Crippen LogP contribution in [0, 0.1) is 5.82 Å². The lowest BCUT2D eigenvalue weighted by Crippen LogP contribution is -2.27. The van der Waals surface area contributed by atoms with Crippen LogP contribution >= 0.6 is 11.6 Å². The van der Waals surface area contributed by atoms with Crippen LogP contribution in [-0.4, -0.2) is 12.5 Å².